The van der Waals surface area contributed by atoms with Crippen molar-refractivity contribution in [3.05, 3.63) is 0 Å². The third-order valence-electron chi connectivity index (χ3n) is 0.935. The third-order valence-corrected chi connectivity index (χ3v) is 1.77. The molecule has 48 valence electrons. The Balaban J connectivity index is 3.65. The van der Waals surface area contributed by atoms with Gasteiger partial charge >= 0.3 is 0 Å². The minimum atomic E-state index is 0.500. The van der Waals surface area contributed by atoms with E-state index in [1.807, 2.05) is 19.0 Å². The molecule has 0 aromatic heterocycles. The van der Waals surface area contributed by atoms with E-state index in [0.29, 0.717) is 5.92 Å². The second-order valence-electron chi connectivity index (χ2n) is 2.39. The summed E-state index contributed by atoms with van der Waals surface area (Å²) in [6, 6.07) is 0. The largest absolute Gasteiger partial charge is 0.372 e. The van der Waals surface area contributed by atoms with Gasteiger partial charge in [0.05, 0.1) is 4.99 Å². The first-order valence-electron chi connectivity index (χ1n) is 2.77. The molecule has 1 nitrogen and oxygen atoms in total. The minimum Gasteiger partial charge on any atom is -0.372 e. The Morgan fingerprint density at radius 1 is 1.38 bits per heavy atom. The first kappa shape index (κ1) is 7.89. The van der Waals surface area contributed by atoms with Crippen LogP contribution in [0.25, 0.3) is 0 Å². The number of rotatable bonds is 1. The van der Waals surface area contributed by atoms with Crippen molar-refractivity contribution in [2.45, 2.75) is 13.8 Å². The molecule has 0 heterocycles. The van der Waals surface area contributed by atoms with Crippen LogP contribution in [-0.2, 0) is 0 Å². The first-order chi connectivity index (χ1) is 3.55. The van der Waals surface area contributed by atoms with Gasteiger partial charge in [0, 0.05) is 20.0 Å². The van der Waals surface area contributed by atoms with Gasteiger partial charge in [-0.15, -0.1) is 0 Å². The summed E-state index contributed by atoms with van der Waals surface area (Å²) in [4.78, 5) is 2.99. The maximum absolute atomic E-state index is 5.03. The van der Waals surface area contributed by atoms with Gasteiger partial charge in [0.1, 0.15) is 0 Å². The zero-order chi connectivity index (χ0) is 6.73. The average Bonchev–Trinajstić information content (AvgIpc) is 1.64. The van der Waals surface area contributed by atoms with Crippen LogP contribution >= 0.6 is 12.2 Å². The van der Waals surface area contributed by atoms with Crippen molar-refractivity contribution in [1.29, 1.82) is 0 Å². The molecule has 0 rings (SSSR count). The number of hydrogen-bond donors (Lipinski definition) is 0. The predicted molar refractivity (Wildman–Crippen MR) is 41.1 cm³/mol. The molecule has 0 saturated heterocycles. The summed E-state index contributed by atoms with van der Waals surface area (Å²) in [5.41, 5.74) is 0. The molecular formula is C6H13NS. The lowest BCUT2D eigenvalue weighted by Crippen LogP contribution is -2.24. The van der Waals surface area contributed by atoms with Gasteiger partial charge in [0.25, 0.3) is 0 Å². The van der Waals surface area contributed by atoms with Gasteiger partial charge in [-0.2, -0.15) is 0 Å². The SMILES string of the molecule is CC(C)C(=S)N(C)C. The molecule has 0 fully saturated rings. The number of thiocarbonyl (C=S) groups is 1. The second-order valence-corrected chi connectivity index (χ2v) is 2.81. The Kier molecular flexibility index (Phi) is 2.98. The number of nitrogens with zero attached hydrogens (tertiary/aromatic N) is 1. The van der Waals surface area contributed by atoms with Crippen LogP contribution in [0.3, 0.4) is 0 Å². The molecule has 8 heavy (non-hydrogen) atoms. The van der Waals surface area contributed by atoms with E-state index in [1.165, 1.54) is 0 Å². The van der Waals surface area contributed by atoms with E-state index in [4.69, 9.17) is 12.2 Å². The Labute approximate surface area is 56.7 Å². The van der Waals surface area contributed by atoms with Crippen molar-refractivity contribution in [1.82, 2.24) is 4.90 Å². The summed E-state index contributed by atoms with van der Waals surface area (Å²) in [5.74, 6) is 0.500. The fourth-order valence-corrected chi connectivity index (χ4v) is 0.516. The Bertz CT molecular complexity index is 76.5. The third kappa shape index (κ3) is 2.26. The van der Waals surface area contributed by atoms with Gasteiger partial charge in [-0.3, -0.25) is 0 Å². The molecule has 0 atom stereocenters. The van der Waals surface area contributed by atoms with Crippen molar-refractivity contribution in [2.24, 2.45) is 5.92 Å². The van der Waals surface area contributed by atoms with Crippen LogP contribution in [0, 0.1) is 5.92 Å². The van der Waals surface area contributed by atoms with Crippen molar-refractivity contribution < 1.29 is 0 Å². The van der Waals surface area contributed by atoms with E-state index in [0.717, 1.165) is 4.99 Å². The van der Waals surface area contributed by atoms with Gasteiger partial charge in [-0.05, 0) is 0 Å². The smallest absolute Gasteiger partial charge is 0.0799 e. The Morgan fingerprint density at radius 3 is 1.75 bits per heavy atom. The highest BCUT2D eigenvalue weighted by molar-refractivity contribution is 7.80. The summed E-state index contributed by atoms with van der Waals surface area (Å²) >= 11 is 5.03. The lowest BCUT2D eigenvalue weighted by molar-refractivity contribution is 0.591. The molecular weight excluding hydrogens is 118 g/mol. The molecule has 0 unspecified atom stereocenters. The van der Waals surface area contributed by atoms with Crippen LogP contribution in [0.5, 0.6) is 0 Å². The van der Waals surface area contributed by atoms with Gasteiger partial charge in [0.15, 0.2) is 0 Å². The normalized spacial score (nSPS) is 9.62. The van der Waals surface area contributed by atoms with Crippen LogP contribution in [-0.4, -0.2) is 24.0 Å². The van der Waals surface area contributed by atoms with Crippen LogP contribution in [0.4, 0.5) is 0 Å². The van der Waals surface area contributed by atoms with E-state index in [2.05, 4.69) is 13.8 Å². The monoisotopic (exact) mass is 131 g/mol. The highest BCUT2D eigenvalue weighted by Crippen LogP contribution is 1.97. The van der Waals surface area contributed by atoms with Crippen molar-refractivity contribution in [2.75, 3.05) is 14.1 Å². The van der Waals surface area contributed by atoms with Gasteiger partial charge in [0.2, 0.25) is 0 Å². The van der Waals surface area contributed by atoms with E-state index < -0.39 is 0 Å². The predicted octanol–water partition coefficient (Wildman–Crippen LogP) is 1.53. The molecule has 2 heteroatoms. The summed E-state index contributed by atoms with van der Waals surface area (Å²) in [5, 5.41) is 0. The standard InChI is InChI=1S/C6H13NS/c1-5(2)6(8)7(3)4/h5H,1-4H3. The van der Waals surface area contributed by atoms with Gasteiger partial charge in [-0.1, -0.05) is 26.1 Å². The molecule has 0 aliphatic heterocycles. The van der Waals surface area contributed by atoms with E-state index >= 15 is 0 Å². The molecule has 0 saturated carbocycles. The van der Waals surface area contributed by atoms with E-state index in [9.17, 15) is 0 Å². The molecule has 0 N–H and O–H groups in total. The molecule has 0 amide bonds. The van der Waals surface area contributed by atoms with Crippen LogP contribution in [0.15, 0.2) is 0 Å². The maximum atomic E-state index is 5.03. The summed E-state index contributed by atoms with van der Waals surface area (Å²) < 4.78 is 0. The van der Waals surface area contributed by atoms with Gasteiger partial charge in [-0.25, -0.2) is 0 Å². The van der Waals surface area contributed by atoms with Crippen LogP contribution in [0.1, 0.15) is 13.8 Å². The first-order valence-corrected chi connectivity index (χ1v) is 3.17. The lowest BCUT2D eigenvalue weighted by Gasteiger charge is -2.15. The van der Waals surface area contributed by atoms with E-state index in [-0.39, 0.29) is 0 Å². The molecule has 0 spiro atoms. The second kappa shape index (κ2) is 3.02. The summed E-state index contributed by atoms with van der Waals surface area (Å²) in [6.07, 6.45) is 0. The van der Waals surface area contributed by atoms with Gasteiger partial charge < -0.3 is 4.90 Å². The fraction of sp³-hybridized carbons (Fsp3) is 0.833. The Morgan fingerprint density at radius 2 is 1.75 bits per heavy atom. The molecule has 0 aromatic rings. The molecule has 0 aliphatic rings. The topological polar surface area (TPSA) is 3.24 Å². The van der Waals surface area contributed by atoms with Crippen molar-refractivity contribution >= 4 is 17.2 Å². The molecule has 0 bridgehead atoms. The highest BCUT2D eigenvalue weighted by Gasteiger charge is 2.01. The molecule has 0 aromatic carbocycles. The Hall–Kier alpha value is -0.110. The summed E-state index contributed by atoms with van der Waals surface area (Å²) in [7, 11) is 3.95. The zero-order valence-electron chi connectivity index (χ0n) is 5.93. The minimum absolute atomic E-state index is 0.500. The van der Waals surface area contributed by atoms with Crippen LogP contribution in [0.2, 0.25) is 0 Å². The zero-order valence-corrected chi connectivity index (χ0v) is 6.75. The highest BCUT2D eigenvalue weighted by atomic mass is 32.1. The molecule has 0 radical (unpaired) electrons. The average molecular weight is 131 g/mol. The van der Waals surface area contributed by atoms with Crippen LogP contribution < -0.4 is 0 Å². The quantitative estimate of drug-likeness (QED) is 0.496. The number of hydrogen-bond acceptors (Lipinski definition) is 1. The fourth-order valence-electron chi connectivity index (χ4n) is 0.516. The maximum Gasteiger partial charge on any atom is 0.0799 e. The summed E-state index contributed by atoms with van der Waals surface area (Å²) in [6.45, 7) is 4.20. The van der Waals surface area contributed by atoms with Crippen molar-refractivity contribution in [3.63, 3.8) is 0 Å². The van der Waals surface area contributed by atoms with Crippen molar-refractivity contribution in [3.8, 4) is 0 Å². The molecule has 0 aliphatic carbocycles. The lowest BCUT2D eigenvalue weighted by atomic mass is 10.2. The van der Waals surface area contributed by atoms with E-state index in [1.54, 1.807) is 0 Å².